The summed E-state index contributed by atoms with van der Waals surface area (Å²) in [4.78, 5) is 36.4. The van der Waals surface area contributed by atoms with Gasteiger partial charge in [-0.3, -0.25) is 9.59 Å². The average molecular weight is 477 g/mol. The van der Waals surface area contributed by atoms with Crippen LogP contribution in [0.2, 0.25) is 0 Å². The third-order valence-corrected chi connectivity index (χ3v) is 8.05. The number of carbonyl (C=O) groups is 3. The van der Waals surface area contributed by atoms with Crippen LogP contribution in [0.5, 0.6) is 0 Å². The molecule has 0 spiro atoms. The molecule has 2 aromatic rings. The first-order valence-electron chi connectivity index (χ1n) is 12.6. The SMILES string of the molecule is O=C(CC1(CNC(=O)OCC2c3ccccc3-c3ccccc32)CCC1)N[C@H]1CC[C@@H](C(=O)O)C1. The van der Waals surface area contributed by atoms with Crippen LogP contribution in [0.25, 0.3) is 11.1 Å². The molecule has 2 atom stereocenters. The van der Waals surface area contributed by atoms with E-state index in [0.29, 0.717) is 32.2 Å². The van der Waals surface area contributed by atoms with E-state index in [1.54, 1.807) is 0 Å². The van der Waals surface area contributed by atoms with Crippen molar-refractivity contribution in [1.82, 2.24) is 10.6 Å². The van der Waals surface area contributed by atoms with Crippen molar-refractivity contribution in [1.29, 1.82) is 0 Å². The highest BCUT2D eigenvalue weighted by Gasteiger charge is 2.40. The lowest BCUT2D eigenvalue weighted by Crippen LogP contribution is -2.46. The van der Waals surface area contributed by atoms with Gasteiger partial charge in [-0.25, -0.2) is 4.79 Å². The molecule has 0 aromatic heterocycles. The highest BCUT2D eigenvalue weighted by atomic mass is 16.5. The summed E-state index contributed by atoms with van der Waals surface area (Å²) in [7, 11) is 0. The molecular formula is C28H32N2O5. The number of carbonyl (C=O) groups excluding carboxylic acids is 2. The lowest BCUT2D eigenvalue weighted by Gasteiger charge is -2.41. The number of amides is 2. The fourth-order valence-corrected chi connectivity index (χ4v) is 5.96. The minimum absolute atomic E-state index is 0.0117. The summed E-state index contributed by atoms with van der Waals surface area (Å²) in [5.41, 5.74) is 4.47. The van der Waals surface area contributed by atoms with E-state index in [1.807, 2.05) is 24.3 Å². The van der Waals surface area contributed by atoms with Crippen molar-refractivity contribution >= 4 is 18.0 Å². The standard InChI is InChI=1S/C28H32N2O5/c31-25(30-19-11-10-18(14-19)26(32)33)15-28(12-5-13-28)17-29-27(34)35-16-24-22-8-3-1-6-20(22)21-7-2-4-9-23(21)24/h1-4,6-9,18-19,24H,5,10-17H2,(H,29,34)(H,30,31)(H,32,33)/t18-,19+/m1/s1. The van der Waals surface area contributed by atoms with E-state index < -0.39 is 12.1 Å². The Bertz CT molecular complexity index is 1080. The van der Waals surface area contributed by atoms with E-state index in [1.165, 1.54) is 22.3 Å². The van der Waals surface area contributed by atoms with Gasteiger partial charge in [-0.15, -0.1) is 0 Å². The second-order valence-corrected chi connectivity index (χ2v) is 10.3. The van der Waals surface area contributed by atoms with E-state index in [4.69, 9.17) is 9.84 Å². The average Bonchev–Trinajstić information content (AvgIpc) is 3.42. The molecule has 2 amide bonds. The molecule has 2 saturated carbocycles. The van der Waals surface area contributed by atoms with Gasteiger partial charge in [-0.2, -0.15) is 0 Å². The minimum atomic E-state index is -0.787. The number of ether oxygens (including phenoxy) is 1. The van der Waals surface area contributed by atoms with Crippen LogP contribution in [0, 0.1) is 11.3 Å². The Kier molecular flexibility index (Phi) is 6.50. The summed E-state index contributed by atoms with van der Waals surface area (Å²) < 4.78 is 5.64. The van der Waals surface area contributed by atoms with Gasteiger partial charge in [-0.1, -0.05) is 55.0 Å². The van der Waals surface area contributed by atoms with Crippen molar-refractivity contribution in [2.75, 3.05) is 13.2 Å². The van der Waals surface area contributed by atoms with Crippen molar-refractivity contribution in [3.05, 3.63) is 59.7 Å². The molecule has 0 saturated heterocycles. The predicted molar refractivity (Wildman–Crippen MR) is 131 cm³/mol. The van der Waals surface area contributed by atoms with Crippen molar-refractivity contribution in [2.24, 2.45) is 11.3 Å². The Morgan fingerprint density at radius 1 is 0.971 bits per heavy atom. The second kappa shape index (κ2) is 9.72. The summed E-state index contributed by atoms with van der Waals surface area (Å²) in [5, 5.41) is 15.1. The topological polar surface area (TPSA) is 105 Å². The molecule has 0 unspecified atom stereocenters. The number of benzene rings is 2. The number of carboxylic acid groups (broad SMARTS) is 1. The number of fused-ring (bicyclic) bond motifs is 3. The lowest BCUT2D eigenvalue weighted by atomic mass is 9.66. The largest absolute Gasteiger partial charge is 0.481 e. The van der Waals surface area contributed by atoms with Gasteiger partial charge < -0.3 is 20.5 Å². The van der Waals surface area contributed by atoms with Crippen LogP contribution < -0.4 is 10.6 Å². The van der Waals surface area contributed by atoms with Crippen LogP contribution in [0.15, 0.2) is 48.5 Å². The number of hydrogen-bond acceptors (Lipinski definition) is 4. The van der Waals surface area contributed by atoms with Gasteiger partial charge in [0.2, 0.25) is 5.91 Å². The number of alkyl carbamates (subject to hydrolysis) is 1. The van der Waals surface area contributed by atoms with E-state index >= 15 is 0 Å². The van der Waals surface area contributed by atoms with E-state index in [2.05, 4.69) is 34.9 Å². The van der Waals surface area contributed by atoms with Gasteiger partial charge in [0.15, 0.2) is 0 Å². The first-order valence-corrected chi connectivity index (χ1v) is 12.6. The number of rotatable bonds is 8. The maximum absolute atomic E-state index is 12.7. The first-order chi connectivity index (χ1) is 16.9. The summed E-state index contributed by atoms with van der Waals surface area (Å²) in [6.07, 6.45) is 4.47. The maximum Gasteiger partial charge on any atom is 0.407 e. The number of carboxylic acids is 1. The van der Waals surface area contributed by atoms with Gasteiger partial charge in [-0.05, 0) is 59.8 Å². The van der Waals surface area contributed by atoms with E-state index in [-0.39, 0.29) is 35.8 Å². The van der Waals surface area contributed by atoms with Crippen LogP contribution in [-0.2, 0) is 14.3 Å². The second-order valence-electron chi connectivity index (χ2n) is 10.3. The van der Waals surface area contributed by atoms with Crippen LogP contribution in [-0.4, -0.2) is 42.3 Å². The summed E-state index contributed by atoms with van der Waals surface area (Å²) in [6.45, 7) is 0.666. The molecule has 5 rings (SSSR count). The van der Waals surface area contributed by atoms with Crippen LogP contribution >= 0.6 is 0 Å². The van der Waals surface area contributed by atoms with Crippen LogP contribution in [0.4, 0.5) is 4.79 Å². The number of aliphatic carboxylic acids is 1. The number of hydrogen-bond donors (Lipinski definition) is 3. The molecule has 35 heavy (non-hydrogen) atoms. The molecule has 7 heteroatoms. The fraction of sp³-hybridized carbons (Fsp3) is 0.464. The Hall–Kier alpha value is -3.35. The Labute approximate surface area is 205 Å². The van der Waals surface area contributed by atoms with Gasteiger partial charge in [0, 0.05) is 24.9 Å². The Morgan fingerprint density at radius 2 is 1.63 bits per heavy atom. The van der Waals surface area contributed by atoms with Crippen LogP contribution in [0.1, 0.15) is 62.0 Å². The molecule has 2 fully saturated rings. The van der Waals surface area contributed by atoms with Crippen molar-refractivity contribution in [2.45, 2.75) is 56.9 Å². The maximum atomic E-state index is 12.7. The van der Waals surface area contributed by atoms with E-state index in [0.717, 1.165) is 19.3 Å². The van der Waals surface area contributed by atoms with Crippen molar-refractivity contribution < 1.29 is 24.2 Å². The lowest BCUT2D eigenvalue weighted by molar-refractivity contribution is -0.141. The van der Waals surface area contributed by atoms with Crippen LogP contribution in [0.3, 0.4) is 0 Å². The summed E-state index contributed by atoms with van der Waals surface area (Å²) >= 11 is 0. The highest BCUT2D eigenvalue weighted by Crippen LogP contribution is 2.45. The monoisotopic (exact) mass is 476 g/mol. The molecule has 0 heterocycles. The Morgan fingerprint density at radius 3 is 2.20 bits per heavy atom. The zero-order valence-corrected chi connectivity index (χ0v) is 19.8. The molecule has 3 aliphatic carbocycles. The molecule has 0 bridgehead atoms. The molecule has 0 aliphatic heterocycles. The van der Waals surface area contributed by atoms with Gasteiger partial charge in [0.05, 0.1) is 5.92 Å². The summed E-state index contributed by atoms with van der Waals surface area (Å²) in [5.74, 6) is -1.20. The molecule has 2 aromatic carbocycles. The number of nitrogens with one attached hydrogen (secondary N) is 2. The molecule has 0 radical (unpaired) electrons. The predicted octanol–water partition coefficient (Wildman–Crippen LogP) is 4.46. The van der Waals surface area contributed by atoms with Crippen molar-refractivity contribution in [3.8, 4) is 11.1 Å². The zero-order chi connectivity index (χ0) is 24.4. The van der Waals surface area contributed by atoms with Gasteiger partial charge >= 0.3 is 12.1 Å². The normalized spacial score (nSPS) is 21.9. The van der Waals surface area contributed by atoms with Crippen molar-refractivity contribution in [3.63, 3.8) is 0 Å². The quantitative estimate of drug-likeness (QED) is 0.522. The third kappa shape index (κ3) is 4.90. The zero-order valence-electron chi connectivity index (χ0n) is 19.8. The molecular weight excluding hydrogens is 444 g/mol. The third-order valence-electron chi connectivity index (χ3n) is 8.05. The Balaban J connectivity index is 1.12. The van der Waals surface area contributed by atoms with E-state index in [9.17, 15) is 14.4 Å². The molecule has 184 valence electrons. The van der Waals surface area contributed by atoms with Gasteiger partial charge in [0.25, 0.3) is 0 Å². The molecule has 3 N–H and O–H groups in total. The van der Waals surface area contributed by atoms with Gasteiger partial charge in [0.1, 0.15) is 6.61 Å². The first kappa shape index (κ1) is 23.4. The minimum Gasteiger partial charge on any atom is -0.481 e. The fourth-order valence-electron chi connectivity index (χ4n) is 5.96. The highest BCUT2D eigenvalue weighted by molar-refractivity contribution is 5.79. The molecule has 3 aliphatic rings. The molecule has 7 nitrogen and oxygen atoms in total. The summed E-state index contributed by atoms with van der Waals surface area (Å²) in [6, 6.07) is 16.4. The smallest absolute Gasteiger partial charge is 0.407 e.